The SMILES string of the molecule is CC(C)(C)c1nnsc1C(NN)C(C)(C)C. The Balaban J connectivity index is 3.18. The minimum absolute atomic E-state index is 0.00266. The molecule has 1 rings (SSSR count). The highest BCUT2D eigenvalue weighted by molar-refractivity contribution is 7.05. The van der Waals surface area contributed by atoms with Gasteiger partial charge in [0.25, 0.3) is 0 Å². The van der Waals surface area contributed by atoms with E-state index >= 15 is 0 Å². The second kappa shape index (κ2) is 4.39. The van der Waals surface area contributed by atoms with Crippen molar-refractivity contribution in [3.05, 3.63) is 10.6 Å². The minimum atomic E-state index is 0.00266. The molecule has 0 radical (unpaired) electrons. The lowest BCUT2D eigenvalue weighted by molar-refractivity contribution is 0.276. The van der Waals surface area contributed by atoms with E-state index in [0.717, 1.165) is 10.6 Å². The third kappa shape index (κ3) is 2.78. The molecule has 4 nitrogen and oxygen atoms in total. The summed E-state index contributed by atoms with van der Waals surface area (Å²) in [6, 6.07) is 0.0849. The molecule has 0 saturated carbocycles. The summed E-state index contributed by atoms with van der Waals surface area (Å²) in [5, 5.41) is 4.24. The van der Waals surface area contributed by atoms with Gasteiger partial charge in [-0.3, -0.25) is 11.3 Å². The first-order valence-electron chi connectivity index (χ1n) is 5.47. The van der Waals surface area contributed by atoms with E-state index < -0.39 is 0 Å². The van der Waals surface area contributed by atoms with Gasteiger partial charge in [-0.25, -0.2) is 0 Å². The van der Waals surface area contributed by atoms with Gasteiger partial charge < -0.3 is 0 Å². The highest BCUT2D eigenvalue weighted by Crippen LogP contribution is 2.38. The zero-order valence-electron chi connectivity index (χ0n) is 11.0. The molecule has 0 aliphatic carbocycles. The highest BCUT2D eigenvalue weighted by Gasteiger charge is 2.33. The van der Waals surface area contributed by atoms with E-state index in [1.807, 2.05) is 0 Å². The van der Waals surface area contributed by atoms with Gasteiger partial charge in [0.2, 0.25) is 0 Å². The minimum Gasteiger partial charge on any atom is -0.271 e. The molecule has 92 valence electrons. The Morgan fingerprint density at radius 1 is 1.19 bits per heavy atom. The van der Waals surface area contributed by atoms with E-state index in [9.17, 15) is 0 Å². The smallest absolute Gasteiger partial charge is 0.0857 e. The van der Waals surface area contributed by atoms with Crippen molar-refractivity contribution in [2.45, 2.75) is 53.0 Å². The van der Waals surface area contributed by atoms with Crippen molar-refractivity contribution in [3.8, 4) is 0 Å². The zero-order valence-corrected chi connectivity index (χ0v) is 11.8. The molecule has 1 atom stereocenters. The van der Waals surface area contributed by atoms with Crippen molar-refractivity contribution >= 4 is 11.5 Å². The molecule has 0 amide bonds. The fourth-order valence-electron chi connectivity index (χ4n) is 1.63. The molecule has 0 fully saturated rings. The Hall–Kier alpha value is -0.520. The fraction of sp³-hybridized carbons (Fsp3) is 0.818. The highest BCUT2D eigenvalue weighted by atomic mass is 32.1. The molecule has 1 aromatic rings. The van der Waals surface area contributed by atoms with Crippen molar-refractivity contribution < 1.29 is 0 Å². The lowest BCUT2D eigenvalue weighted by atomic mass is 9.82. The largest absolute Gasteiger partial charge is 0.271 e. The summed E-state index contributed by atoms with van der Waals surface area (Å²) in [6.45, 7) is 12.9. The maximum absolute atomic E-state index is 5.66. The second-order valence-electron chi connectivity index (χ2n) is 6.20. The molecule has 5 heteroatoms. The van der Waals surface area contributed by atoms with Gasteiger partial charge in [-0.05, 0) is 16.9 Å². The zero-order chi connectivity index (χ0) is 12.6. The van der Waals surface area contributed by atoms with Gasteiger partial charge in [0, 0.05) is 5.41 Å². The summed E-state index contributed by atoms with van der Waals surface area (Å²) in [6.07, 6.45) is 0. The molecule has 0 spiro atoms. The number of hydrogen-bond acceptors (Lipinski definition) is 5. The lowest BCUT2D eigenvalue weighted by Gasteiger charge is -2.31. The third-order valence-corrected chi connectivity index (χ3v) is 3.31. The van der Waals surface area contributed by atoms with Gasteiger partial charge >= 0.3 is 0 Å². The van der Waals surface area contributed by atoms with E-state index in [2.05, 4.69) is 56.6 Å². The summed E-state index contributed by atoms with van der Waals surface area (Å²) in [7, 11) is 0. The number of nitrogens with one attached hydrogen (secondary N) is 1. The van der Waals surface area contributed by atoms with Gasteiger partial charge in [0.1, 0.15) is 0 Å². The maximum atomic E-state index is 5.66. The number of aromatic nitrogens is 2. The lowest BCUT2D eigenvalue weighted by Crippen LogP contribution is -2.37. The van der Waals surface area contributed by atoms with Crippen LogP contribution in [-0.4, -0.2) is 9.59 Å². The van der Waals surface area contributed by atoms with Crippen LogP contribution in [0.4, 0.5) is 0 Å². The topological polar surface area (TPSA) is 63.8 Å². The predicted octanol–water partition coefficient (Wildman–Crippen LogP) is 2.39. The van der Waals surface area contributed by atoms with Crippen molar-refractivity contribution in [1.29, 1.82) is 0 Å². The number of hydrazine groups is 1. The van der Waals surface area contributed by atoms with E-state index in [4.69, 9.17) is 5.84 Å². The molecule has 0 saturated heterocycles. The van der Waals surface area contributed by atoms with Crippen molar-refractivity contribution in [1.82, 2.24) is 15.0 Å². The summed E-state index contributed by atoms with van der Waals surface area (Å²) in [5.41, 5.74) is 3.97. The standard InChI is InChI=1S/C11H22N4S/c1-10(2,3)8(13-12)7-9(11(4,5)6)14-15-16-7/h8,13H,12H2,1-6H3. The van der Waals surface area contributed by atoms with Crippen LogP contribution < -0.4 is 11.3 Å². The summed E-state index contributed by atoms with van der Waals surface area (Å²) >= 11 is 1.43. The van der Waals surface area contributed by atoms with Gasteiger partial charge in [0.05, 0.1) is 16.6 Å². The number of hydrogen-bond donors (Lipinski definition) is 2. The van der Waals surface area contributed by atoms with Crippen LogP contribution in [0.5, 0.6) is 0 Å². The Bertz CT molecular complexity index is 346. The van der Waals surface area contributed by atoms with Crippen molar-refractivity contribution in [2.75, 3.05) is 0 Å². The van der Waals surface area contributed by atoms with Crippen molar-refractivity contribution in [3.63, 3.8) is 0 Å². The molecular weight excluding hydrogens is 220 g/mol. The first kappa shape index (κ1) is 13.5. The van der Waals surface area contributed by atoms with Gasteiger partial charge in [-0.2, -0.15) is 0 Å². The van der Waals surface area contributed by atoms with E-state index in [-0.39, 0.29) is 16.9 Å². The molecule has 3 N–H and O–H groups in total. The Morgan fingerprint density at radius 3 is 2.12 bits per heavy atom. The van der Waals surface area contributed by atoms with Gasteiger partial charge in [-0.1, -0.05) is 46.0 Å². The van der Waals surface area contributed by atoms with Crippen LogP contribution in [0, 0.1) is 5.41 Å². The molecular formula is C11H22N4S. The number of nitrogens with two attached hydrogens (primary N) is 1. The third-order valence-electron chi connectivity index (χ3n) is 2.52. The predicted molar refractivity (Wildman–Crippen MR) is 68.1 cm³/mol. The van der Waals surface area contributed by atoms with Crippen LogP contribution in [0.2, 0.25) is 0 Å². The van der Waals surface area contributed by atoms with Crippen LogP contribution in [0.15, 0.2) is 0 Å². The monoisotopic (exact) mass is 242 g/mol. The molecule has 0 aromatic carbocycles. The summed E-state index contributed by atoms with van der Waals surface area (Å²) in [4.78, 5) is 1.14. The Kier molecular flexibility index (Phi) is 3.72. The first-order valence-corrected chi connectivity index (χ1v) is 6.24. The molecule has 1 heterocycles. The number of nitrogens with zero attached hydrogens (tertiary/aromatic N) is 2. The summed E-state index contributed by atoms with van der Waals surface area (Å²) in [5.74, 6) is 5.66. The molecule has 1 aromatic heterocycles. The molecule has 0 aliphatic heterocycles. The average Bonchev–Trinajstić information content (AvgIpc) is 2.49. The second-order valence-corrected chi connectivity index (χ2v) is 6.99. The Morgan fingerprint density at radius 2 is 1.75 bits per heavy atom. The van der Waals surface area contributed by atoms with Crippen LogP contribution >= 0.6 is 11.5 Å². The normalized spacial score (nSPS) is 15.2. The van der Waals surface area contributed by atoms with Crippen LogP contribution in [0.1, 0.15) is 58.2 Å². The molecule has 0 aliphatic rings. The van der Waals surface area contributed by atoms with Gasteiger partial charge in [-0.15, -0.1) is 5.10 Å². The van der Waals surface area contributed by atoms with Gasteiger partial charge in [0.15, 0.2) is 0 Å². The van der Waals surface area contributed by atoms with E-state index in [0.29, 0.717) is 0 Å². The van der Waals surface area contributed by atoms with Crippen LogP contribution in [0.25, 0.3) is 0 Å². The molecule has 1 unspecified atom stereocenters. The molecule has 0 bridgehead atoms. The van der Waals surface area contributed by atoms with Crippen molar-refractivity contribution in [2.24, 2.45) is 11.3 Å². The maximum Gasteiger partial charge on any atom is 0.0857 e. The quantitative estimate of drug-likeness (QED) is 0.617. The first-order chi connectivity index (χ1) is 7.18. The fourth-order valence-corrected chi connectivity index (χ4v) is 2.80. The van der Waals surface area contributed by atoms with E-state index in [1.165, 1.54) is 11.5 Å². The Labute approximate surface area is 102 Å². The van der Waals surface area contributed by atoms with Crippen LogP contribution in [0.3, 0.4) is 0 Å². The summed E-state index contributed by atoms with van der Waals surface area (Å²) < 4.78 is 4.07. The molecule has 16 heavy (non-hydrogen) atoms. The number of rotatable bonds is 2. The van der Waals surface area contributed by atoms with E-state index in [1.54, 1.807) is 0 Å². The average molecular weight is 242 g/mol. The van der Waals surface area contributed by atoms with Crippen LogP contribution in [-0.2, 0) is 5.41 Å².